The Kier molecular flexibility index (Phi) is 3.71. The number of aromatic nitrogens is 2. The van der Waals surface area contributed by atoms with Gasteiger partial charge in [0.15, 0.2) is 0 Å². The Labute approximate surface area is 107 Å². The number of nitrogens with zero attached hydrogens (tertiary/aromatic N) is 2. The summed E-state index contributed by atoms with van der Waals surface area (Å²) in [6, 6.07) is 4.74. The summed E-state index contributed by atoms with van der Waals surface area (Å²) in [5.41, 5.74) is 1.06. The highest BCUT2D eigenvalue weighted by molar-refractivity contribution is 7.05. The van der Waals surface area contributed by atoms with Gasteiger partial charge < -0.3 is 5.11 Å². The number of hydrogen-bond donors (Lipinski definition) is 1. The monoisotopic (exact) mass is 272 g/mol. The molecule has 1 aromatic carbocycles. The van der Waals surface area contributed by atoms with Gasteiger partial charge in [0.25, 0.3) is 0 Å². The van der Waals surface area contributed by atoms with Crippen LogP contribution in [0, 0.1) is 12.7 Å². The van der Waals surface area contributed by atoms with Crippen LogP contribution in [-0.4, -0.2) is 14.7 Å². The molecule has 0 saturated heterocycles. The van der Waals surface area contributed by atoms with Gasteiger partial charge in [0.2, 0.25) is 0 Å². The molecule has 0 aliphatic heterocycles. The molecular formula is C11H10ClFN2OS. The summed E-state index contributed by atoms with van der Waals surface area (Å²) in [6.45, 7) is 1.76. The largest absolute Gasteiger partial charge is 0.387 e. The van der Waals surface area contributed by atoms with Crippen LogP contribution in [0.15, 0.2) is 18.2 Å². The minimum Gasteiger partial charge on any atom is -0.387 e. The van der Waals surface area contributed by atoms with E-state index < -0.39 is 11.9 Å². The lowest BCUT2D eigenvalue weighted by Gasteiger charge is -2.10. The lowest BCUT2D eigenvalue weighted by atomic mass is 10.1. The molecule has 1 unspecified atom stereocenters. The Morgan fingerprint density at radius 2 is 2.29 bits per heavy atom. The number of aliphatic hydroxyl groups excluding tert-OH is 1. The molecule has 1 atom stereocenters. The van der Waals surface area contributed by atoms with Crippen molar-refractivity contribution in [2.45, 2.75) is 19.4 Å². The second-order valence-corrected chi connectivity index (χ2v) is 4.85. The predicted molar refractivity (Wildman–Crippen MR) is 64.7 cm³/mol. The summed E-state index contributed by atoms with van der Waals surface area (Å²) in [5.74, 6) is -0.483. The van der Waals surface area contributed by atoms with E-state index >= 15 is 0 Å². The first-order valence-electron chi connectivity index (χ1n) is 4.99. The molecule has 0 fully saturated rings. The number of aliphatic hydroxyl groups is 1. The first-order valence-corrected chi connectivity index (χ1v) is 6.14. The van der Waals surface area contributed by atoms with Crippen LogP contribution < -0.4 is 0 Å². The van der Waals surface area contributed by atoms with Crippen molar-refractivity contribution >= 4 is 23.1 Å². The third-order valence-corrected chi connectivity index (χ3v) is 3.65. The Hall–Kier alpha value is -1.04. The molecule has 6 heteroatoms. The lowest BCUT2D eigenvalue weighted by Crippen LogP contribution is -2.03. The fourth-order valence-corrected chi connectivity index (χ4v) is 2.37. The molecule has 0 bridgehead atoms. The van der Waals surface area contributed by atoms with Crippen LogP contribution in [-0.2, 0) is 6.42 Å². The topological polar surface area (TPSA) is 46.0 Å². The highest BCUT2D eigenvalue weighted by Crippen LogP contribution is 2.26. The van der Waals surface area contributed by atoms with Gasteiger partial charge in [-0.05, 0) is 30.1 Å². The van der Waals surface area contributed by atoms with E-state index in [1.54, 1.807) is 19.1 Å². The first-order chi connectivity index (χ1) is 8.09. The average Bonchev–Trinajstić information content (AvgIpc) is 2.71. The molecule has 90 valence electrons. The molecule has 3 nitrogen and oxygen atoms in total. The van der Waals surface area contributed by atoms with E-state index in [1.807, 2.05) is 0 Å². The molecule has 2 rings (SSSR count). The SMILES string of the molecule is Cc1nnsc1C(O)Cc1cccc(Cl)c1F. The third kappa shape index (κ3) is 2.62. The zero-order valence-corrected chi connectivity index (χ0v) is 10.6. The molecule has 1 aromatic heterocycles. The van der Waals surface area contributed by atoms with Crippen molar-refractivity contribution in [2.24, 2.45) is 0 Å². The van der Waals surface area contributed by atoms with Crippen LogP contribution in [0.5, 0.6) is 0 Å². The average molecular weight is 273 g/mol. The molecule has 0 aliphatic carbocycles. The minimum absolute atomic E-state index is 0.0638. The zero-order valence-electron chi connectivity index (χ0n) is 9.02. The summed E-state index contributed by atoms with van der Waals surface area (Å²) in [5, 5.41) is 13.9. The van der Waals surface area contributed by atoms with Gasteiger partial charge in [-0.15, -0.1) is 5.10 Å². The van der Waals surface area contributed by atoms with Crippen molar-refractivity contribution in [2.75, 3.05) is 0 Å². The van der Waals surface area contributed by atoms with Gasteiger partial charge in [0, 0.05) is 6.42 Å². The highest BCUT2D eigenvalue weighted by Gasteiger charge is 2.17. The van der Waals surface area contributed by atoms with Crippen molar-refractivity contribution in [1.82, 2.24) is 9.59 Å². The van der Waals surface area contributed by atoms with E-state index in [0.717, 1.165) is 11.5 Å². The fourth-order valence-electron chi connectivity index (χ4n) is 1.55. The van der Waals surface area contributed by atoms with Crippen molar-refractivity contribution in [3.8, 4) is 0 Å². The predicted octanol–water partition coefficient (Wildman–Crippen LogP) is 2.92. The van der Waals surface area contributed by atoms with Gasteiger partial charge in [0.05, 0.1) is 21.7 Å². The second kappa shape index (κ2) is 5.08. The number of halogens is 2. The Balaban J connectivity index is 2.22. The number of hydrogen-bond acceptors (Lipinski definition) is 4. The van der Waals surface area contributed by atoms with E-state index in [4.69, 9.17) is 11.6 Å². The highest BCUT2D eigenvalue weighted by atomic mass is 35.5. The Morgan fingerprint density at radius 1 is 1.53 bits per heavy atom. The summed E-state index contributed by atoms with van der Waals surface area (Å²) in [4.78, 5) is 0.657. The molecule has 0 aliphatic rings. The second-order valence-electron chi connectivity index (χ2n) is 3.66. The summed E-state index contributed by atoms with van der Waals surface area (Å²) in [7, 11) is 0. The van der Waals surface area contributed by atoms with Crippen molar-refractivity contribution in [1.29, 1.82) is 0 Å². The maximum Gasteiger partial charge on any atom is 0.145 e. The van der Waals surface area contributed by atoms with E-state index in [9.17, 15) is 9.50 Å². The summed E-state index contributed by atoms with van der Waals surface area (Å²) in [6.07, 6.45) is -0.639. The number of aryl methyl sites for hydroxylation is 1. The maximum absolute atomic E-state index is 13.6. The number of benzene rings is 1. The molecule has 2 aromatic rings. The molecule has 0 amide bonds. The third-order valence-electron chi connectivity index (χ3n) is 2.43. The molecule has 1 N–H and O–H groups in total. The van der Waals surface area contributed by atoms with E-state index in [1.165, 1.54) is 6.07 Å². The lowest BCUT2D eigenvalue weighted by molar-refractivity contribution is 0.180. The first kappa shape index (κ1) is 12.4. The van der Waals surface area contributed by atoms with E-state index in [-0.39, 0.29) is 11.4 Å². The van der Waals surface area contributed by atoms with Crippen LogP contribution >= 0.6 is 23.1 Å². The van der Waals surface area contributed by atoms with Gasteiger partial charge in [0.1, 0.15) is 5.82 Å². The quantitative estimate of drug-likeness (QED) is 0.934. The standard InChI is InChI=1S/C11H10ClFN2OS/c1-6-11(17-15-14-6)9(16)5-7-3-2-4-8(12)10(7)13/h2-4,9,16H,5H2,1H3. The van der Waals surface area contributed by atoms with Crippen LogP contribution in [0.3, 0.4) is 0 Å². The molecule has 17 heavy (non-hydrogen) atoms. The molecule has 0 spiro atoms. The molecular weight excluding hydrogens is 263 g/mol. The zero-order chi connectivity index (χ0) is 12.4. The Morgan fingerprint density at radius 3 is 2.94 bits per heavy atom. The molecule has 1 heterocycles. The van der Waals surface area contributed by atoms with Gasteiger partial charge in [-0.25, -0.2) is 4.39 Å². The fraction of sp³-hybridized carbons (Fsp3) is 0.273. The van der Waals surface area contributed by atoms with Crippen LogP contribution in [0.4, 0.5) is 4.39 Å². The van der Waals surface area contributed by atoms with Crippen molar-refractivity contribution in [3.05, 3.63) is 45.2 Å². The summed E-state index contributed by atoms with van der Waals surface area (Å²) < 4.78 is 17.4. The van der Waals surface area contributed by atoms with E-state index in [0.29, 0.717) is 16.1 Å². The minimum atomic E-state index is -0.803. The Bertz CT molecular complexity index is 532. The molecule has 0 radical (unpaired) electrons. The van der Waals surface area contributed by atoms with Crippen LogP contribution in [0.2, 0.25) is 5.02 Å². The summed E-state index contributed by atoms with van der Waals surface area (Å²) >= 11 is 6.80. The van der Waals surface area contributed by atoms with Gasteiger partial charge in [-0.3, -0.25) is 0 Å². The van der Waals surface area contributed by atoms with Crippen LogP contribution in [0.25, 0.3) is 0 Å². The van der Waals surface area contributed by atoms with Gasteiger partial charge in [-0.1, -0.05) is 28.2 Å². The normalized spacial score (nSPS) is 12.7. The van der Waals surface area contributed by atoms with Gasteiger partial charge >= 0.3 is 0 Å². The van der Waals surface area contributed by atoms with E-state index in [2.05, 4.69) is 9.59 Å². The van der Waals surface area contributed by atoms with Gasteiger partial charge in [-0.2, -0.15) is 0 Å². The van der Waals surface area contributed by atoms with Crippen molar-refractivity contribution < 1.29 is 9.50 Å². The number of rotatable bonds is 3. The van der Waals surface area contributed by atoms with Crippen LogP contribution in [0.1, 0.15) is 22.2 Å². The maximum atomic E-state index is 13.6. The smallest absolute Gasteiger partial charge is 0.145 e. The molecule has 0 saturated carbocycles. The van der Waals surface area contributed by atoms with Crippen molar-refractivity contribution in [3.63, 3.8) is 0 Å².